The van der Waals surface area contributed by atoms with Gasteiger partial charge in [0.1, 0.15) is 11.0 Å². The second-order valence-corrected chi connectivity index (χ2v) is 8.44. The molecule has 0 aliphatic carbocycles. The third-order valence-electron chi connectivity index (χ3n) is 2.89. The van der Waals surface area contributed by atoms with Gasteiger partial charge in [-0.15, -0.1) is 0 Å². The van der Waals surface area contributed by atoms with E-state index in [2.05, 4.69) is 5.32 Å². The van der Waals surface area contributed by atoms with Gasteiger partial charge in [-0.25, -0.2) is 0 Å². The fraction of sp³-hybridized carbons (Fsp3) is 0.588. The molecule has 0 fully saturated rings. The summed E-state index contributed by atoms with van der Waals surface area (Å²) in [6, 6.07) is 7.54. The normalized spacial score (nSPS) is 14.5. The quantitative estimate of drug-likeness (QED) is 0.874. The highest BCUT2D eigenvalue weighted by atomic mass is 32.2. The smallest absolute Gasteiger partial charge is 0.235 e. The van der Waals surface area contributed by atoms with Gasteiger partial charge in [0.05, 0.1) is 11.9 Å². The maximum absolute atomic E-state index is 12.5. The molecule has 0 radical (unpaired) electrons. The van der Waals surface area contributed by atoms with Crippen molar-refractivity contribution in [2.45, 2.75) is 64.2 Å². The van der Waals surface area contributed by atoms with Gasteiger partial charge in [0, 0.05) is 21.9 Å². The van der Waals surface area contributed by atoms with Crippen molar-refractivity contribution in [2.24, 2.45) is 0 Å². The summed E-state index contributed by atoms with van der Waals surface area (Å²) < 4.78 is 18.2. The molecule has 0 unspecified atom stereocenters. The Kier molecular flexibility index (Phi) is 6.60. The number of carbonyl (C=O) groups excluding carboxylic acids is 1. The van der Waals surface area contributed by atoms with Crippen LogP contribution in [-0.2, 0) is 21.3 Å². The van der Waals surface area contributed by atoms with Crippen LogP contribution in [0.5, 0.6) is 5.75 Å². The number of rotatable bonds is 6. The molecule has 1 amide bonds. The molecule has 0 bridgehead atoms. The number of hydrogen-bond donors (Lipinski definition) is 1. The van der Waals surface area contributed by atoms with E-state index in [1.807, 2.05) is 58.9 Å². The molecule has 4 nitrogen and oxygen atoms in total. The van der Waals surface area contributed by atoms with Gasteiger partial charge in [-0.1, -0.05) is 18.2 Å². The first-order valence-electron chi connectivity index (χ1n) is 7.54. The van der Waals surface area contributed by atoms with Crippen molar-refractivity contribution in [3.63, 3.8) is 0 Å². The standard InChI is InChI=1S/C17H27NO3S/c1-12(2)21-15-10-8-7-9-14(15)11-22(20)13(3)16(19)18-17(4,5)6/h7-10,12-13H,11H2,1-6H3,(H,18,19)/t13-,22+/m0/s1. The molecule has 0 spiro atoms. The van der Waals surface area contributed by atoms with Gasteiger partial charge in [0.25, 0.3) is 0 Å². The Morgan fingerprint density at radius 3 is 2.36 bits per heavy atom. The van der Waals surface area contributed by atoms with Gasteiger partial charge in [-0.05, 0) is 47.6 Å². The number of hydrogen-bond acceptors (Lipinski definition) is 3. The van der Waals surface area contributed by atoms with E-state index in [0.29, 0.717) is 5.75 Å². The number of carbonyl (C=O) groups is 1. The van der Waals surface area contributed by atoms with Crippen molar-refractivity contribution >= 4 is 16.7 Å². The van der Waals surface area contributed by atoms with E-state index >= 15 is 0 Å². The molecule has 1 N–H and O–H groups in total. The molecule has 0 heterocycles. The topological polar surface area (TPSA) is 55.4 Å². The van der Waals surface area contributed by atoms with Crippen LogP contribution in [0.1, 0.15) is 47.1 Å². The van der Waals surface area contributed by atoms with Crippen LogP contribution >= 0.6 is 0 Å². The maximum atomic E-state index is 12.5. The minimum Gasteiger partial charge on any atom is -0.491 e. The zero-order valence-corrected chi connectivity index (χ0v) is 15.1. The molecule has 124 valence electrons. The lowest BCUT2D eigenvalue weighted by atomic mass is 10.1. The minimum absolute atomic E-state index is 0.0520. The number of benzene rings is 1. The molecular formula is C17H27NO3S. The van der Waals surface area contributed by atoms with Crippen LogP contribution < -0.4 is 10.1 Å². The maximum Gasteiger partial charge on any atom is 0.235 e. The molecule has 1 rings (SSSR count). The molecular weight excluding hydrogens is 298 g/mol. The fourth-order valence-corrected chi connectivity index (χ4v) is 2.95. The largest absolute Gasteiger partial charge is 0.491 e. The lowest BCUT2D eigenvalue weighted by Crippen LogP contribution is -2.46. The number of amides is 1. The van der Waals surface area contributed by atoms with Gasteiger partial charge in [-0.3, -0.25) is 9.00 Å². The lowest BCUT2D eigenvalue weighted by Gasteiger charge is -2.23. The summed E-state index contributed by atoms with van der Waals surface area (Å²) in [6.07, 6.45) is 0.0520. The second kappa shape index (κ2) is 7.77. The number of ether oxygens (including phenoxy) is 1. The van der Waals surface area contributed by atoms with Crippen LogP contribution in [0.2, 0.25) is 0 Å². The van der Waals surface area contributed by atoms with Gasteiger partial charge in [0.15, 0.2) is 0 Å². The Balaban J connectivity index is 2.78. The molecule has 5 heteroatoms. The number of nitrogens with one attached hydrogen (secondary N) is 1. The summed E-state index contributed by atoms with van der Waals surface area (Å²) in [5, 5.41) is 2.31. The Morgan fingerprint density at radius 1 is 1.23 bits per heavy atom. The first-order chi connectivity index (χ1) is 10.1. The van der Waals surface area contributed by atoms with Crippen molar-refractivity contribution in [1.29, 1.82) is 0 Å². The molecule has 0 saturated carbocycles. The summed E-state index contributed by atoms with van der Waals surface area (Å²) in [5.74, 6) is 0.851. The van der Waals surface area contributed by atoms with Crippen LogP contribution in [0.25, 0.3) is 0 Å². The Labute approximate surface area is 136 Å². The third-order valence-corrected chi connectivity index (χ3v) is 4.49. The molecule has 22 heavy (non-hydrogen) atoms. The van der Waals surface area contributed by atoms with Crippen molar-refractivity contribution in [1.82, 2.24) is 5.32 Å². The summed E-state index contributed by atoms with van der Waals surface area (Å²) in [6.45, 7) is 11.3. The highest BCUT2D eigenvalue weighted by Gasteiger charge is 2.24. The predicted molar refractivity (Wildman–Crippen MR) is 91.4 cm³/mol. The van der Waals surface area contributed by atoms with Crippen molar-refractivity contribution in [2.75, 3.05) is 0 Å². The molecule has 0 saturated heterocycles. The summed E-state index contributed by atoms with van der Waals surface area (Å²) in [7, 11) is -1.30. The average molecular weight is 325 g/mol. The van der Waals surface area contributed by atoms with E-state index in [0.717, 1.165) is 11.3 Å². The van der Waals surface area contributed by atoms with Crippen LogP contribution in [-0.4, -0.2) is 27.0 Å². The van der Waals surface area contributed by atoms with E-state index in [4.69, 9.17) is 4.74 Å². The molecule has 1 aromatic carbocycles. The van der Waals surface area contributed by atoms with Crippen molar-refractivity contribution in [3.05, 3.63) is 29.8 Å². The van der Waals surface area contributed by atoms with Crippen molar-refractivity contribution in [3.8, 4) is 5.75 Å². The number of para-hydroxylation sites is 1. The molecule has 2 atom stereocenters. The zero-order valence-electron chi connectivity index (χ0n) is 14.3. The minimum atomic E-state index is -1.30. The second-order valence-electron chi connectivity index (χ2n) is 6.68. The first kappa shape index (κ1) is 18.7. The van der Waals surface area contributed by atoms with Gasteiger partial charge in [0.2, 0.25) is 5.91 Å². The SMILES string of the molecule is CC(C)Oc1ccccc1C[S@@](=O)[C@@H](C)C(=O)NC(C)(C)C. The van der Waals surface area contributed by atoms with Crippen LogP contribution in [0, 0.1) is 0 Å². The highest BCUT2D eigenvalue weighted by molar-refractivity contribution is 7.85. The van der Waals surface area contributed by atoms with Crippen LogP contribution in [0.4, 0.5) is 0 Å². The predicted octanol–water partition coefficient (Wildman–Crippen LogP) is 3.03. The summed E-state index contributed by atoms with van der Waals surface area (Å²) in [5.41, 5.74) is 0.540. The molecule has 0 aliphatic rings. The van der Waals surface area contributed by atoms with E-state index in [9.17, 15) is 9.00 Å². The molecule has 1 aromatic rings. The average Bonchev–Trinajstić information content (AvgIpc) is 2.37. The van der Waals surface area contributed by atoms with E-state index < -0.39 is 16.0 Å². The first-order valence-corrected chi connectivity index (χ1v) is 8.92. The summed E-state index contributed by atoms with van der Waals surface area (Å²) >= 11 is 0. The Bertz CT molecular complexity index is 535. The highest BCUT2D eigenvalue weighted by Crippen LogP contribution is 2.22. The zero-order chi connectivity index (χ0) is 16.9. The van der Waals surface area contributed by atoms with Gasteiger partial charge >= 0.3 is 0 Å². The monoisotopic (exact) mass is 325 g/mol. The lowest BCUT2D eigenvalue weighted by molar-refractivity contribution is -0.121. The van der Waals surface area contributed by atoms with E-state index in [1.165, 1.54) is 0 Å². The Morgan fingerprint density at radius 2 is 1.82 bits per heavy atom. The van der Waals surface area contributed by atoms with E-state index in [1.54, 1.807) is 6.92 Å². The Hall–Kier alpha value is -1.36. The molecule has 0 aliphatic heterocycles. The molecule has 0 aromatic heterocycles. The van der Waals surface area contributed by atoms with Crippen molar-refractivity contribution < 1.29 is 13.7 Å². The van der Waals surface area contributed by atoms with Gasteiger partial charge < -0.3 is 10.1 Å². The van der Waals surface area contributed by atoms with Crippen LogP contribution in [0.3, 0.4) is 0 Å². The summed E-state index contributed by atoms with van der Waals surface area (Å²) in [4.78, 5) is 12.1. The van der Waals surface area contributed by atoms with Crippen LogP contribution in [0.15, 0.2) is 24.3 Å². The van der Waals surface area contributed by atoms with E-state index in [-0.39, 0.29) is 17.6 Å². The third kappa shape index (κ3) is 6.18. The van der Waals surface area contributed by atoms with Gasteiger partial charge in [-0.2, -0.15) is 0 Å². The fourth-order valence-electron chi connectivity index (χ4n) is 1.86.